The summed E-state index contributed by atoms with van der Waals surface area (Å²) in [7, 11) is -3.92. The van der Waals surface area contributed by atoms with Crippen LogP contribution in [0.1, 0.15) is 13.3 Å². The third-order valence-corrected chi connectivity index (χ3v) is 6.27. The standard InChI is InChI=1S/C15H20FN3O3S/c1-2-17-9-10-18-7-4-8-19(14(18)15(17)20)23(21,22)13-6-3-5-12(16)11-13/h3,5-6,11,14H,2,4,7-10H2,1H3/t14-/m0/s1. The summed E-state index contributed by atoms with van der Waals surface area (Å²) in [4.78, 5) is 16.1. The molecule has 2 fully saturated rings. The number of hydrogen-bond donors (Lipinski definition) is 0. The Hall–Kier alpha value is -1.51. The molecule has 0 saturated carbocycles. The Balaban J connectivity index is 1.98. The Morgan fingerprint density at radius 2 is 2.00 bits per heavy atom. The van der Waals surface area contributed by atoms with Crippen LogP contribution in [0.5, 0.6) is 0 Å². The molecule has 2 aliphatic rings. The molecule has 8 heteroatoms. The maximum absolute atomic E-state index is 13.4. The van der Waals surface area contributed by atoms with Crippen molar-refractivity contribution < 1.29 is 17.6 Å². The smallest absolute Gasteiger partial charge is 0.255 e. The van der Waals surface area contributed by atoms with Gasteiger partial charge in [0.25, 0.3) is 5.91 Å². The molecule has 1 amide bonds. The van der Waals surface area contributed by atoms with Crippen molar-refractivity contribution in [1.29, 1.82) is 0 Å². The van der Waals surface area contributed by atoms with Crippen LogP contribution in [0, 0.1) is 5.82 Å². The zero-order valence-corrected chi connectivity index (χ0v) is 13.8. The maximum Gasteiger partial charge on any atom is 0.255 e. The second-order valence-corrected chi connectivity index (χ2v) is 7.64. The number of nitrogens with zero attached hydrogens (tertiary/aromatic N) is 3. The molecular weight excluding hydrogens is 321 g/mol. The van der Waals surface area contributed by atoms with Crippen molar-refractivity contribution in [3.63, 3.8) is 0 Å². The number of halogens is 1. The van der Waals surface area contributed by atoms with Crippen LogP contribution in [0.25, 0.3) is 0 Å². The topological polar surface area (TPSA) is 60.9 Å². The van der Waals surface area contributed by atoms with E-state index in [0.29, 0.717) is 32.6 Å². The van der Waals surface area contributed by atoms with Crippen molar-refractivity contribution in [1.82, 2.24) is 14.1 Å². The molecule has 2 heterocycles. The van der Waals surface area contributed by atoms with Gasteiger partial charge in [-0.05, 0) is 31.5 Å². The predicted molar refractivity (Wildman–Crippen MR) is 82.5 cm³/mol. The Kier molecular flexibility index (Phi) is 4.39. The normalized spacial score (nSPS) is 23.8. The quantitative estimate of drug-likeness (QED) is 0.812. The third kappa shape index (κ3) is 2.86. The van der Waals surface area contributed by atoms with Crippen LogP contribution in [-0.4, -0.2) is 67.3 Å². The van der Waals surface area contributed by atoms with Gasteiger partial charge in [-0.25, -0.2) is 12.8 Å². The molecular formula is C15H20FN3O3S. The highest BCUT2D eigenvalue weighted by atomic mass is 32.2. The number of likely N-dealkylation sites (N-methyl/N-ethyl adjacent to an activating group) is 1. The van der Waals surface area contributed by atoms with E-state index in [1.807, 2.05) is 11.8 Å². The Morgan fingerprint density at radius 3 is 2.70 bits per heavy atom. The van der Waals surface area contributed by atoms with Gasteiger partial charge >= 0.3 is 0 Å². The first-order valence-corrected chi connectivity index (χ1v) is 9.19. The van der Waals surface area contributed by atoms with Gasteiger partial charge in [-0.3, -0.25) is 9.69 Å². The fraction of sp³-hybridized carbons (Fsp3) is 0.533. The van der Waals surface area contributed by atoms with Gasteiger partial charge in [0.15, 0.2) is 6.17 Å². The number of amides is 1. The summed E-state index contributed by atoms with van der Waals surface area (Å²) in [5.74, 6) is -0.802. The number of carbonyl (C=O) groups excluding carboxylic acids is 1. The van der Waals surface area contributed by atoms with Crippen LogP contribution in [0.15, 0.2) is 29.2 Å². The van der Waals surface area contributed by atoms with Crippen molar-refractivity contribution in [3.05, 3.63) is 30.1 Å². The van der Waals surface area contributed by atoms with Gasteiger partial charge in [-0.1, -0.05) is 6.07 Å². The van der Waals surface area contributed by atoms with E-state index in [0.717, 1.165) is 6.07 Å². The Labute approximate surface area is 135 Å². The summed E-state index contributed by atoms with van der Waals surface area (Å²) in [6.07, 6.45) is -0.157. The van der Waals surface area contributed by atoms with E-state index in [9.17, 15) is 17.6 Å². The zero-order valence-electron chi connectivity index (χ0n) is 13.0. The molecule has 1 atom stereocenters. The highest BCUT2D eigenvalue weighted by molar-refractivity contribution is 7.89. The number of fused-ring (bicyclic) bond motifs is 1. The molecule has 23 heavy (non-hydrogen) atoms. The van der Waals surface area contributed by atoms with E-state index < -0.39 is 22.0 Å². The molecule has 126 valence electrons. The van der Waals surface area contributed by atoms with Gasteiger partial charge < -0.3 is 4.90 Å². The fourth-order valence-corrected chi connectivity index (χ4v) is 4.86. The van der Waals surface area contributed by atoms with E-state index in [4.69, 9.17) is 0 Å². The molecule has 0 spiro atoms. The van der Waals surface area contributed by atoms with Gasteiger partial charge in [0, 0.05) is 32.7 Å². The second-order valence-electron chi connectivity index (χ2n) is 5.75. The second kappa shape index (κ2) is 6.18. The summed E-state index contributed by atoms with van der Waals surface area (Å²) in [5.41, 5.74) is 0. The van der Waals surface area contributed by atoms with Crippen LogP contribution in [-0.2, 0) is 14.8 Å². The minimum Gasteiger partial charge on any atom is -0.339 e. The molecule has 1 aromatic carbocycles. The average molecular weight is 341 g/mol. The molecule has 0 aromatic heterocycles. The maximum atomic E-state index is 13.4. The molecule has 3 rings (SSSR count). The molecule has 2 aliphatic heterocycles. The Morgan fingerprint density at radius 1 is 1.22 bits per heavy atom. The van der Waals surface area contributed by atoms with E-state index >= 15 is 0 Å². The summed E-state index contributed by atoms with van der Waals surface area (Å²) >= 11 is 0. The summed E-state index contributed by atoms with van der Waals surface area (Å²) < 4.78 is 40.4. The fourth-order valence-electron chi connectivity index (χ4n) is 3.22. The van der Waals surface area contributed by atoms with Crippen molar-refractivity contribution in [2.75, 3.05) is 32.7 Å². The van der Waals surface area contributed by atoms with Gasteiger partial charge in [0.1, 0.15) is 5.82 Å². The lowest BCUT2D eigenvalue weighted by Crippen LogP contribution is -2.67. The van der Waals surface area contributed by atoms with Crippen LogP contribution in [0.2, 0.25) is 0 Å². The SMILES string of the molecule is CCN1CCN2CCCN(S(=O)(=O)c3cccc(F)c3)[C@H]2C1=O. The lowest BCUT2D eigenvalue weighted by molar-refractivity contribution is -0.149. The van der Waals surface area contributed by atoms with E-state index in [2.05, 4.69) is 0 Å². The lowest BCUT2D eigenvalue weighted by Gasteiger charge is -2.47. The molecule has 6 nitrogen and oxygen atoms in total. The van der Waals surface area contributed by atoms with Crippen LogP contribution < -0.4 is 0 Å². The molecule has 1 aromatic rings. The number of hydrogen-bond acceptors (Lipinski definition) is 4. The first kappa shape index (κ1) is 16.4. The molecule has 0 radical (unpaired) electrons. The third-order valence-electron chi connectivity index (χ3n) is 4.42. The first-order valence-electron chi connectivity index (χ1n) is 7.75. The van der Waals surface area contributed by atoms with Crippen molar-refractivity contribution >= 4 is 15.9 Å². The van der Waals surface area contributed by atoms with Crippen LogP contribution >= 0.6 is 0 Å². The highest BCUT2D eigenvalue weighted by Crippen LogP contribution is 2.27. The molecule has 2 saturated heterocycles. The van der Waals surface area contributed by atoms with Crippen molar-refractivity contribution in [2.24, 2.45) is 0 Å². The van der Waals surface area contributed by atoms with Gasteiger partial charge in [0.2, 0.25) is 10.0 Å². The molecule has 0 aliphatic carbocycles. The number of sulfonamides is 1. The minimum atomic E-state index is -3.92. The van der Waals surface area contributed by atoms with E-state index in [-0.39, 0.29) is 17.3 Å². The highest BCUT2D eigenvalue weighted by Gasteiger charge is 2.45. The molecule has 0 N–H and O–H groups in total. The summed E-state index contributed by atoms with van der Waals surface area (Å²) in [6, 6.07) is 4.93. The first-order chi connectivity index (χ1) is 10.9. The largest absolute Gasteiger partial charge is 0.339 e. The van der Waals surface area contributed by atoms with Gasteiger partial charge in [-0.2, -0.15) is 4.31 Å². The van der Waals surface area contributed by atoms with Crippen molar-refractivity contribution in [3.8, 4) is 0 Å². The van der Waals surface area contributed by atoms with E-state index in [1.165, 1.54) is 22.5 Å². The number of benzene rings is 1. The monoisotopic (exact) mass is 341 g/mol. The van der Waals surface area contributed by atoms with Crippen LogP contribution in [0.3, 0.4) is 0 Å². The zero-order chi connectivity index (χ0) is 16.6. The summed E-state index contributed by atoms with van der Waals surface area (Å²) in [5, 5.41) is 0. The number of rotatable bonds is 3. The number of piperazine rings is 1. The average Bonchev–Trinajstić information content (AvgIpc) is 2.55. The van der Waals surface area contributed by atoms with Gasteiger partial charge in [0.05, 0.1) is 4.90 Å². The molecule has 0 bridgehead atoms. The predicted octanol–water partition coefficient (Wildman–Crippen LogP) is 0.710. The minimum absolute atomic E-state index is 0.110. The Bertz CT molecular complexity index is 710. The number of carbonyl (C=O) groups is 1. The molecule has 0 unspecified atom stereocenters. The van der Waals surface area contributed by atoms with Crippen molar-refractivity contribution in [2.45, 2.75) is 24.4 Å². The van der Waals surface area contributed by atoms with Gasteiger partial charge in [-0.15, -0.1) is 0 Å². The van der Waals surface area contributed by atoms with Crippen LogP contribution in [0.4, 0.5) is 4.39 Å². The lowest BCUT2D eigenvalue weighted by atomic mass is 10.2. The van der Waals surface area contributed by atoms with E-state index in [1.54, 1.807) is 4.90 Å². The summed E-state index contributed by atoms with van der Waals surface area (Å²) in [6.45, 7) is 4.66.